The lowest BCUT2D eigenvalue weighted by Crippen LogP contribution is -2.26. The molecule has 3 rings (SSSR count). The van der Waals surface area contributed by atoms with E-state index in [0.717, 1.165) is 23.8 Å². The molecule has 3 aromatic carbocycles. The Morgan fingerprint density at radius 1 is 0.971 bits per heavy atom. The zero-order valence-electron chi connectivity index (χ0n) is 18.3. The number of rotatable bonds is 8. The number of nitrogens with one attached hydrogen (secondary N) is 1. The van der Waals surface area contributed by atoms with E-state index in [9.17, 15) is 31.5 Å². The van der Waals surface area contributed by atoms with Crippen LogP contribution < -0.4 is 9.46 Å². The van der Waals surface area contributed by atoms with Crippen molar-refractivity contribution in [2.75, 3.05) is 6.54 Å². The number of carbonyl (C=O) groups is 1. The Hall–Kier alpha value is -3.37. The van der Waals surface area contributed by atoms with Gasteiger partial charge in [0.1, 0.15) is 11.5 Å². The second-order valence-corrected chi connectivity index (χ2v) is 9.40. The Bertz CT molecular complexity index is 1290. The van der Waals surface area contributed by atoms with E-state index in [0.29, 0.717) is 23.3 Å². The third-order valence-electron chi connectivity index (χ3n) is 5.23. The van der Waals surface area contributed by atoms with E-state index >= 15 is 0 Å². The van der Waals surface area contributed by atoms with Gasteiger partial charge in [-0.2, -0.15) is 13.2 Å². The molecule has 0 unspecified atom stereocenters. The second kappa shape index (κ2) is 9.86. The van der Waals surface area contributed by atoms with Gasteiger partial charge in [0.25, 0.3) is 0 Å². The average molecular weight is 494 g/mol. The largest absolute Gasteiger partial charge is 0.478 e. The first kappa shape index (κ1) is 25.3. The third kappa shape index (κ3) is 6.15. The smallest absolute Gasteiger partial charge is 0.416 e. The number of sulfonamides is 1. The first-order valence-corrected chi connectivity index (χ1v) is 11.6. The van der Waals surface area contributed by atoms with Crippen LogP contribution in [0.3, 0.4) is 0 Å². The summed E-state index contributed by atoms with van der Waals surface area (Å²) < 4.78 is 71.1. The summed E-state index contributed by atoms with van der Waals surface area (Å²) in [4.78, 5) is 11.3. The molecule has 0 heterocycles. The van der Waals surface area contributed by atoms with Crippen LogP contribution in [0.4, 0.5) is 13.2 Å². The van der Waals surface area contributed by atoms with Crippen molar-refractivity contribution in [2.45, 2.75) is 31.3 Å². The molecule has 10 heteroatoms. The number of ether oxygens (including phenoxy) is 1. The number of aryl methyl sites for hydroxylation is 1. The molecule has 180 valence electrons. The molecule has 0 aliphatic rings. The number of carboxylic acids is 1. The number of hydrogen-bond acceptors (Lipinski definition) is 4. The number of alkyl halides is 3. The highest BCUT2D eigenvalue weighted by atomic mass is 32.2. The van der Waals surface area contributed by atoms with Crippen molar-refractivity contribution in [3.63, 3.8) is 0 Å². The lowest BCUT2D eigenvalue weighted by molar-refractivity contribution is -0.137. The summed E-state index contributed by atoms with van der Waals surface area (Å²) in [5.41, 5.74) is 1.03. The minimum absolute atomic E-state index is 0.0657. The van der Waals surface area contributed by atoms with E-state index in [1.54, 1.807) is 38.1 Å². The Balaban J connectivity index is 1.60. The predicted molar refractivity (Wildman–Crippen MR) is 120 cm³/mol. The Morgan fingerprint density at radius 2 is 1.53 bits per heavy atom. The van der Waals surface area contributed by atoms with Gasteiger partial charge < -0.3 is 9.84 Å². The number of halogens is 3. The molecular formula is C24H22F3NO5S. The number of benzene rings is 3. The monoisotopic (exact) mass is 493 g/mol. The summed E-state index contributed by atoms with van der Waals surface area (Å²) in [7, 11) is -3.91. The maximum atomic E-state index is 12.6. The van der Waals surface area contributed by atoms with E-state index in [-0.39, 0.29) is 22.8 Å². The highest BCUT2D eigenvalue weighted by Gasteiger charge is 2.30. The van der Waals surface area contributed by atoms with Gasteiger partial charge in [-0.05, 0) is 85.5 Å². The van der Waals surface area contributed by atoms with E-state index in [4.69, 9.17) is 4.74 Å². The highest BCUT2D eigenvalue weighted by Crippen LogP contribution is 2.31. The predicted octanol–water partition coefficient (Wildman–Crippen LogP) is 5.33. The summed E-state index contributed by atoms with van der Waals surface area (Å²) in [5.74, 6) is -0.528. The number of carboxylic acid groups (broad SMARTS) is 1. The van der Waals surface area contributed by atoms with Gasteiger partial charge in [-0.3, -0.25) is 0 Å². The number of hydrogen-bond donors (Lipinski definition) is 2. The molecule has 0 amide bonds. The molecule has 0 atom stereocenters. The van der Waals surface area contributed by atoms with Gasteiger partial charge in [-0.15, -0.1) is 0 Å². The molecule has 0 radical (unpaired) electrons. The fraction of sp³-hybridized carbons (Fsp3) is 0.208. The summed E-state index contributed by atoms with van der Waals surface area (Å²) >= 11 is 0. The third-order valence-corrected chi connectivity index (χ3v) is 6.67. The van der Waals surface area contributed by atoms with Crippen LogP contribution in [-0.2, 0) is 22.6 Å². The maximum Gasteiger partial charge on any atom is 0.416 e. The molecule has 0 bridgehead atoms. The topological polar surface area (TPSA) is 92.7 Å². The summed E-state index contributed by atoms with van der Waals surface area (Å²) in [5, 5.41) is 9.29. The van der Waals surface area contributed by atoms with Gasteiger partial charge in [0, 0.05) is 6.54 Å². The van der Waals surface area contributed by atoms with Crippen molar-refractivity contribution < 1.29 is 36.2 Å². The van der Waals surface area contributed by atoms with Crippen LogP contribution in [0.15, 0.2) is 65.6 Å². The van der Waals surface area contributed by atoms with Crippen LogP contribution in [0.25, 0.3) is 0 Å². The second-order valence-electron chi connectivity index (χ2n) is 7.63. The zero-order valence-corrected chi connectivity index (χ0v) is 19.1. The van der Waals surface area contributed by atoms with Crippen LogP contribution in [0.5, 0.6) is 11.5 Å². The Labute approximate surface area is 195 Å². The summed E-state index contributed by atoms with van der Waals surface area (Å²) in [6, 6.07) is 13.6. The van der Waals surface area contributed by atoms with Crippen LogP contribution in [0, 0.1) is 13.8 Å². The molecule has 6 nitrogen and oxygen atoms in total. The van der Waals surface area contributed by atoms with Crippen LogP contribution in [0.1, 0.15) is 32.6 Å². The Kier molecular flexibility index (Phi) is 7.32. The summed E-state index contributed by atoms with van der Waals surface area (Å²) in [6.07, 6.45) is -4.06. The van der Waals surface area contributed by atoms with Gasteiger partial charge in [0.15, 0.2) is 0 Å². The zero-order chi connectivity index (χ0) is 25.1. The van der Waals surface area contributed by atoms with Crippen molar-refractivity contribution in [1.29, 1.82) is 0 Å². The van der Waals surface area contributed by atoms with Crippen LogP contribution in [-0.4, -0.2) is 26.0 Å². The van der Waals surface area contributed by atoms with Crippen molar-refractivity contribution in [3.8, 4) is 11.5 Å². The van der Waals surface area contributed by atoms with E-state index in [1.807, 2.05) is 0 Å². The fourth-order valence-electron chi connectivity index (χ4n) is 3.19. The fourth-order valence-corrected chi connectivity index (χ4v) is 4.33. The van der Waals surface area contributed by atoms with Gasteiger partial charge in [-0.25, -0.2) is 17.9 Å². The van der Waals surface area contributed by atoms with Gasteiger partial charge in [0.05, 0.1) is 16.0 Å². The molecule has 0 aliphatic carbocycles. The lowest BCUT2D eigenvalue weighted by atomic mass is 10.0. The molecule has 0 saturated heterocycles. The quantitative estimate of drug-likeness (QED) is 0.442. The molecule has 34 heavy (non-hydrogen) atoms. The first-order valence-electron chi connectivity index (χ1n) is 10.1. The summed E-state index contributed by atoms with van der Waals surface area (Å²) in [6.45, 7) is 3.35. The van der Waals surface area contributed by atoms with Crippen molar-refractivity contribution in [1.82, 2.24) is 4.72 Å². The maximum absolute atomic E-state index is 12.6. The van der Waals surface area contributed by atoms with Gasteiger partial charge >= 0.3 is 12.1 Å². The number of aromatic carboxylic acids is 1. The van der Waals surface area contributed by atoms with Gasteiger partial charge in [-0.1, -0.05) is 12.1 Å². The van der Waals surface area contributed by atoms with Crippen LogP contribution in [0.2, 0.25) is 0 Å². The van der Waals surface area contributed by atoms with Gasteiger partial charge in [0.2, 0.25) is 10.0 Å². The lowest BCUT2D eigenvalue weighted by Gasteiger charge is -2.12. The Morgan fingerprint density at radius 3 is 2.06 bits per heavy atom. The SMILES string of the molecule is Cc1cc(S(=O)(=O)NCCc2ccc(Oc3ccc(C(F)(F)F)cc3)cc2)cc(C(=O)O)c1C. The highest BCUT2D eigenvalue weighted by molar-refractivity contribution is 7.89. The molecule has 0 aromatic heterocycles. The molecule has 0 spiro atoms. The molecule has 3 aromatic rings. The first-order chi connectivity index (χ1) is 15.9. The van der Waals surface area contributed by atoms with E-state index in [1.165, 1.54) is 18.2 Å². The standard InChI is InChI=1S/C24H22F3NO5S/c1-15-13-21(14-22(16(15)2)23(29)30)34(31,32)28-12-11-17-3-7-19(8-4-17)33-20-9-5-18(6-10-20)24(25,26)27/h3-10,13-14,28H,11-12H2,1-2H3,(H,29,30). The van der Waals surface area contributed by atoms with Crippen LogP contribution >= 0.6 is 0 Å². The van der Waals surface area contributed by atoms with Crippen molar-refractivity contribution >= 4 is 16.0 Å². The molecule has 2 N–H and O–H groups in total. The average Bonchev–Trinajstić information content (AvgIpc) is 2.76. The minimum Gasteiger partial charge on any atom is -0.478 e. The van der Waals surface area contributed by atoms with Crippen molar-refractivity contribution in [2.24, 2.45) is 0 Å². The molecule has 0 aliphatic heterocycles. The van der Waals surface area contributed by atoms with E-state index in [2.05, 4.69) is 4.72 Å². The van der Waals surface area contributed by atoms with Crippen molar-refractivity contribution in [3.05, 3.63) is 88.5 Å². The minimum atomic E-state index is -4.42. The van der Waals surface area contributed by atoms with E-state index < -0.39 is 27.7 Å². The molecule has 0 fully saturated rings. The molecule has 0 saturated carbocycles. The normalized spacial score (nSPS) is 11.9. The molecular weight excluding hydrogens is 471 g/mol.